The summed E-state index contributed by atoms with van der Waals surface area (Å²) in [6.45, 7) is 2.66. The Hall–Kier alpha value is -2.10. The van der Waals surface area contributed by atoms with E-state index in [0.29, 0.717) is 5.56 Å². The van der Waals surface area contributed by atoms with Gasteiger partial charge in [0.1, 0.15) is 0 Å². The Kier molecular flexibility index (Phi) is 2.85. The van der Waals surface area contributed by atoms with Gasteiger partial charge in [-0.05, 0) is 31.4 Å². The predicted octanol–water partition coefficient (Wildman–Crippen LogP) is 2.32. The van der Waals surface area contributed by atoms with Crippen molar-refractivity contribution >= 4 is 11.6 Å². The second kappa shape index (κ2) is 4.53. The zero-order valence-electron chi connectivity index (χ0n) is 11.3. The van der Waals surface area contributed by atoms with Crippen LogP contribution in [-0.2, 0) is 13.5 Å². The van der Waals surface area contributed by atoms with Crippen molar-refractivity contribution in [3.63, 3.8) is 0 Å². The molecular formula is C15H17N3O. The molecule has 2 heterocycles. The molecule has 1 aliphatic heterocycles. The molecule has 4 heteroatoms. The van der Waals surface area contributed by atoms with Gasteiger partial charge in [-0.2, -0.15) is 5.10 Å². The molecule has 4 nitrogen and oxygen atoms in total. The average molecular weight is 255 g/mol. The highest BCUT2D eigenvalue weighted by atomic mass is 16.2. The molecule has 2 aromatic rings. The van der Waals surface area contributed by atoms with Crippen LogP contribution in [0, 0.1) is 6.92 Å². The summed E-state index contributed by atoms with van der Waals surface area (Å²) in [6, 6.07) is 8.14. The van der Waals surface area contributed by atoms with Gasteiger partial charge in [0, 0.05) is 25.5 Å². The number of carbonyl (C=O) groups is 1. The van der Waals surface area contributed by atoms with Gasteiger partial charge < -0.3 is 4.90 Å². The van der Waals surface area contributed by atoms with Crippen LogP contribution in [0.3, 0.4) is 0 Å². The normalized spacial score (nSPS) is 14.3. The molecule has 0 unspecified atom stereocenters. The molecule has 0 saturated heterocycles. The number of nitrogens with zero attached hydrogens (tertiary/aromatic N) is 3. The first-order valence-electron chi connectivity index (χ1n) is 6.57. The van der Waals surface area contributed by atoms with Gasteiger partial charge in [0.25, 0.3) is 5.91 Å². The van der Waals surface area contributed by atoms with Crippen LogP contribution in [0.15, 0.2) is 30.5 Å². The van der Waals surface area contributed by atoms with E-state index in [0.717, 1.165) is 30.8 Å². The molecule has 0 atom stereocenters. The smallest absolute Gasteiger partial charge is 0.261 e. The number of rotatable bonds is 1. The van der Waals surface area contributed by atoms with E-state index in [2.05, 4.69) is 11.2 Å². The minimum absolute atomic E-state index is 0.0535. The fourth-order valence-electron chi connectivity index (χ4n) is 2.70. The molecule has 0 fully saturated rings. The number of para-hydroxylation sites is 1. The van der Waals surface area contributed by atoms with E-state index in [9.17, 15) is 4.79 Å². The van der Waals surface area contributed by atoms with Gasteiger partial charge in [0.15, 0.2) is 0 Å². The molecule has 0 spiro atoms. The largest absolute Gasteiger partial charge is 0.308 e. The SMILES string of the molecule is Cc1nn(C)cc1C(=O)N1CCCc2ccccc21. The van der Waals surface area contributed by atoms with Crippen LogP contribution in [0.1, 0.15) is 28.0 Å². The molecule has 1 aliphatic rings. The van der Waals surface area contributed by atoms with Crippen molar-refractivity contribution in [1.29, 1.82) is 0 Å². The first kappa shape index (κ1) is 12.0. The Morgan fingerprint density at radius 2 is 2.11 bits per heavy atom. The number of aryl methyl sites for hydroxylation is 3. The van der Waals surface area contributed by atoms with Gasteiger partial charge in [-0.25, -0.2) is 0 Å². The number of carbonyl (C=O) groups excluding carboxylic acids is 1. The van der Waals surface area contributed by atoms with E-state index in [1.165, 1.54) is 5.56 Å². The molecule has 3 rings (SSSR count). The summed E-state index contributed by atoms with van der Waals surface area (Å²) in [7, 11) is 1.84. The first-order chi connectivity index (χ1) is 9.16. The third-order valence-electron chi connectivity index (χ3n) is 3.60. The summed E-state index contributed by atoms with van der Waals surface area (Å²) < 4.78 is 1.69. The Morgan fingerprint density at radius 3 is 2.84 bits per heavy atom. The quantitative estimate of drug-likeness (QED) is 0.784. The van der Waals surface area contributed by atoms with Gasteiger partial charge in [0.05, 0.1) is 11.3 Å². The minimum atomic E-state index is 0.0535. The Balaban J connectivity index is 2.00. The Labute approximate surface area is 112 Å². The molecule has 0 radical (unpaired) electrons. The Bertz CT molecular complexity index is 630. The predicted molar refractivity (Wildman–Crippen MR) is 74.4 cm³/mol. The monoisotopic (exact) mass is 255 g/mol. The highest BCUT2D eigenvalue weighted by molar-refractivity contribution is 6.07. The van der Waals surface area contributed by atoms with E-state index in [1.807, 2.05) is 37.1 Å². The summed E-state index contributed by atoms with van der Waals surface area (Å²) in [4.78, 5) is 14.5. The molecular weight excluding hydrogens is 238 g/mol. The van der Waals surface area contributed by atoms with E-state index in [1.54, 1.807) is 10.9 Å². The molecule has 1 amide bonds. The second-order valence-corrected chi connectivity index (χ2v) is 4.99. The topological polar surface area (TPSA) is 38.1 Å². The summed E-state index contributed by atoms with van der Waals surface area (Å²) in [5.74, 6) is 0.0535. The molecule has 0 N–H and O–H groups in total. The van der Waals surface area contributed by atoms with Gasteiger partial charge in [-0.15, -0.1) is 0 Å². The number of anilines is 1. The van der Waals surface area contributed by atoms with E-state index < -0.39 is 0 Å². The lowest BCUT2D eigenvalue weighted by atomic mass is 10.0. The molecule has 19 heavy (non-hydrogen) atoms. The number of hydrogen-bond donors (Lipinski definition) is 0. The lowest BCUT2D eigenvalue weighted by molar-refractivity contribution is 0.0984. The highest BCUT2D eigenvalue weighted by Gasteiger charge is 2.25. The fraction of sp³-hybridized carbons (Fsp3) is 0.333. The van der Waals surface area contributed by atoms with Crippen molar-refractivity contribution in [2.24, 2.45) is 7.05 Å². The summed E-state index contributed by atoms with van der Waals surface area (Å²) >= 11 is 0. The molecule has 1 aromatic heterocycles. The van der Waals surface area contributed by atoms with Crippen LogP contribution in [-0.4, -0.2) is 22.2 Å². The zero-order valence-corrected chi connectivity index (χ0v) is 11.3. The molecule has 1 aromatic carbocycles. The van der Waals surface area contributed by atoms with E-state index in [-0.39, 0.29) is 5.91 Å². The van der Waals surface area contributed by atoms with Gasteiger partial charge in [-0.3, -0.25) is 9.48 Å². The van der Waals surface area contributed by atoms with Crippen molar-refractivity contribution in [2.75, 3.05) is 11.4 Å². The number of fused-ring (bicyclic) bond motifs is 1. The second-order valence-electron chi connectivity index (χ2n) is 4.99. The van der Waals surface area contributed by atoms with Crippen LogP contribution in [0.25, 0.3) is 0 Å². The van der Waals surface area contributed by atoms with E-state index >= 15 is 0 Å². The van der Waals surface area contributed by atoms with Crippen molar-refractivity contribution in [3.05, 3.63) is 47.3 Å². The van der Waals surface area contributed by atoms with Crippen LogP contribution >= 0.6 is 0 Å². The van der Waals surface area contributed by atoms with Crippen molar-refractivity contribution in [2.45, 2.75) is 19.8 Å². The molecule has 0 aliphatic carbocycles. The summed E-state index contributed by atoms with van der Waals surface area (Å²) in [5.41, 5.74) is 3.78. The third kappa shape index (κ3) is 2.03. The van der Waals surface area contributed by atoms with Gasteiger partial charge >= 0.3 is 0 Å². The van der Waals surface area contributed by atoms with Gasteiger partial charge in [0.2, 0.25) is 0 Å². The molecule has 0 saturated carbocycles. The maximum Gasteiger partial charge on any atom is 0.261 e. The summed E-state index contributed by atoms with van der Waals surface area (Å²) in [5, 5.41) is 4.25. The zero-order chi connectivity index (χ0) is 13.4. The highest BCUT2D eigenvalue weighted by Crippen LogP contribution is 2.28. The first-order valence-corrected chi connectivity index (χ1v) is 6.57. The van der Waals surface area contributed by atoms with Crippen molar-refractivity contribution < 1.29 is 4.79 Å². The van der Waals surface area contributed by atoms with Crippen molar-refractivity contribution in [3.8, 4) is 0 Å². The van der Waals surface area contributed by atoms with E-state index in [4.69, 9.17) is 0 Å². The third-order valence-corrected chi connectivity index (χ3v) is 3.60. The average Bonchev–Trinajstić information content (AvgIpc) is 2.76. The summed E-state index contributed by atoms with van der Waals surface area (Å²) in [6.07, 6.45) is 3.86. The minimum Gasteiger partial charge on any atom is -0.308 e. The van der Waals surface area contributed by atoms with Crippen LogP contribution in [0.2, 0.25) is 0 Å². The number of benzene rings is 1. The lowest BCUT2D eigenvalue weighted by Gasteiger charge is -2.29. The van der Waals surface area contributed by atoms with Crippen LogP contribution in [0.4, 0.5) is 5.69 Å². The number of amides is 1. The molecule has 98 valence electrons. The van der Waals surface area contributed by atoms with Crippen molar-refractivity contribution in [1.82, 2.24) is 9.78 Å². The van der Waals surface area contributed by atoms with Crippen LogP contribution in [0.5, 0.6) is 0 Å². The maximum absolute atomic E-state index is 12.7. The molecule has 0 bridgehead atoms. The fourth-order valence-corrected chi connectivity index (χ4v) is 2.70. The maximum atomic E-state index is 12.7. The van der Waals surface area contributed by atoms with Gasteiger partial charge in [-0.1, -0.05) is 18.2 Å². The standard InChI is InChI=1S/C15H17N3O/c1-11-13(10-17(2)16-11)15(19)18-9-5-7-12-6-3-4-8-14(12)18/h3-4,6,8,10H,5,7,9H2,1-2H3. The number of hydrogen-bond acceptors (Lipinski definition) is 2. The Morgan fingerprint density at radius 1 is 1.32 bits per heavy atom. The lowest BCUT2D eigenvalue weighted by Crippen LogP contribution is -2.35. The van der Waals surface area contributed by atoms with Crippen LogP contribution < -0.4 is 4.90 Å². The number of aromatic nitrogens is 2.